The largest absolute Gasteiger partial charge is 0.480 e. The first-order valence-electron chi connectivity index (χ1n) is 7.17. The lowest BCUT2D eigenvalue weighted by Gasteiger charge is -2.18. The zero-order valence-corrected chi connectivity index (χ0v) is 14.1. The number of furan rings is 1. The summed E-state index contributed by atoms with van der Waals surface area (Å²) in [5.74, 6) is 0.436. The van der Waals surface area contributed by atoms with Gasteiger partial charge in [-0.05, 0) is 38.1 Å². The van der Waals surface area contributed by atoms with Crippen molar-refractivity contribution >= 4 is 23.6 Å². The minimum absolute atomic E-state index is 0.167. The van der Waals surface area contributed by atoms with E-state index in [2.05, 4.69) is 0 Å². The Morgan fingerprint density at radius 3 is 2.57 bits per heavy atom. The molecule has 0 aliphatic carbocycles. The van der Waals surface area contributed by atoms with E-state index in [0.717, 1.165) is 17.5 Å². The van der Waals surface area contributed by atoms with E-state index < -0.39 is 11.2 Å². The number of hydrogen-bond acceptors (Lipinski definition) is 4. The number of amides is 1. The minimum Gasteiger partial charge on any atom is -0.480 e. The van der Waals surface area contributed by atoms with Crippen LogP contribution < -0.4 is 0 Å². The van der Waals surface area contributed by atoms with Crippen molar-refractivity contribution in [2.75, 3.05) is 7.05 Å². The van der Waals surface area contributed by atoms with Crippen LogP contribution in [-0.2, 0) is 11.3 Å². The molecule has 0 fully saturated rings. The normalized spacial score (nSPS) is 12.0. The molecular formula is C17H19NO4S. The number of carbonyl (C=O) groups excluding carboxylic acids is 1. The molecule has 122 valence electrons. The zero-order valence-electron chi connectivity index (χ0n) is 13.3. The molecule has 1 aromatic carbocycles. The number of hydrogen-bond donors (Lipinski definition) is 1. The fraction of sp³-hybridized carbons (Fsp3) is 0.294. The van der Waals surface area contributed by atoms with Gasteiger partial charge in [-0.25, -0.2) is 0 Å². The van der Waals surface area contributed by atoms with E-state index in [1.807, 2.05) is 19.1 Å². The molecule has 0 aliphatic rings. The van der Waals surface area contributed by atoms with E-state index in [-0.39, 0.29) is 5.91 Å². The van der Waals surface area contributed by atoms with E-state index in [1.54, 1.807) is 43.1 Å². The van der Waals surface area contributed by atoms with Crippen molar-refractivity contribution in [2.24, 2.45) is 0 Å². The number of aryl methyl sites for hydroxylation is 1. The third-order valence-corrected chi connectivity index (χ3v) is 4.47. The van der Waals surface area contributed by atoms with Crippen LogP contribution in [0.25, 0.3) is 0 Å². The third kappa shape index (κ3) is 4.39. The summed E-state index contributed by atoms with van der Waals surface area (Å²) in [6.45, 7) is 3.81. The van der Waals surface area contributed by atoms with E-state index in [9.17, 15) is 9.59 Å². The Bertz CT molecular complexity index is 710. The standard InChI is InChI=1S/C17H19NO4S/c1-11-8-9-13(22-11)10-18(3)16(19)14-6-4-5-7-15(14)23-12(2)17(20)21/h4-9,12H,10H2,1-3H3,(H,20,21). The highest BCUT2D eigenvalue weighted by atomic mass is 32.2. The van der Waals surface area contributed by atoms with Gasteiger partial charge in [-0.1, -0.05) is 12.1 Å². The van der Waals surface area contributed by atoms with Gasteiger partial charge in [0.15, 0.2) is 0 Å². The van der Waals surface area contributed by atoms with Gasteiger partial charge < -0.3 is 14.4 Å². The lowest BCUT2D eigenvalue weighted by molar-refractivity contribution is -0.136. The van der Waals surface area contributed by atoms with Crippen molar-refractivity contribution < 1.29 is 19.1 Å². The van der Waals surface area contributed by atoms with Gasteiger partial charge in [-0.2, -0.15) is 0 Å². The molecule has 1 aromatic heterocycles. The second-order valence-electron chi connectivity index (χ2n) is 5.27. The van der Waals surface area contributed by atoms with E-state index >= 15 is 0 Å². The van der Waals surface area contributed by atoms with Crippen molar-refractivity contribution in [3.8, 4) is 0 Å². The second-order valence-corrected chi connectivity index (χ2v) is 6.65. The van der Waals surface area contributed by atoms with Gasteiger partial charge in [0.2, 0.25) is 0 Å². The zero-order chi connectivity index (χ0) is 17.0. The minimum atomic E-state index is -0.906. The first-order valence-corrected chi connectivity index (χ1v) is 8.05. The number of carboxylic acid groups (broad SMARTS) is 1. The van der Waals surface area contributed by atoms with Gasteiger partial charge in [-0.15, -0.1) is 11.8 Å². The van der Waals surface area contributed by atoms with Crippen molar-refractivity contribution in [3.05, 3.63) is 53.5 Å². The highest BCUT2D eigenvalue weighted by Crippen LogP contribution is 2.28. The number of carboxylic acids is 1. The molecule has 0 spiro atoms. The Labute approximate surface area is 139 Å². The second kappa shape index (κ2) is 7.37. The lowest BCUT2D eigenvalue weighted by atomic mass is 10.2. The number of benzene rings is 1. The molecule has 1 unspecified atom stereocenters. The number of carbonyl (C=O) groups is 2. The van der Waals surface area contributed by atoms with Gasteiger partial charge in [0, 0.05) is 11.9 Å². The number of rotatable bonds is 6. The van der Waals surface area contributed by atoms with Gasteiger partial charge in [0.05, 0.1) is 12.1 Å². The maximum atomic E-state index is 12.7. The topological polar surface area (TPSA) is 70.8 Å². The van der Waals surface area contributed by atoms with Crippen molar-refractivity contribution in [3.63, 3.8) is 0 Å². The fourth-order valence-corrected chi connectivity index (χ4v) is 2.99. The van der Waals surface area contributed by atoms with Crippen LogP contribution in [0.15, 0.2) is 45.7 Å². The van der Waals surface area contributed by atoms with Crippen molar-refractivity contribution in [2.45, 2.75) is 30.5 Å². The van der Waals surface area contributed by atoms with Gasteiger partial charge in [-0.3, -0.25) is 9.59 Å². The Hall–Kier alpha value is -2.21. The van der Waals surface area contributed by atoms with Crippen LogP contribution in [0.5, 0.6) is 0 Å². The molecule has 0 aliphatic heterocycles. The highest BCUT2D eigenvalue weighted by Gasteiger charge is 2.20. The van der Waals surface area contributed by atoms with Gasteiger partial charge in [0.1, 0.15) is 16.8 Å². The van der Waals surface area contributed by atoms with Crippen molar-refractivity contribution in [1.29, 1.82) is 0 Å². The van der Waals surface area contributed by atoms with Crippen LogP contribution >= 0.6 is 11.8 Å². The predicted octanol–water partition coefficient (Wildman–Crippen LogP) is 3.43. The summed E-state index contributed by atoms with van der Waals surface area (Å²) in [5, 5.41) is 8.43. The van der Waals surface area contributed by atoms with Crippen LogP contribution in [0.1, 0.15) is 28.8 Å². The smallest absolute Gasteiger partial charge is 0.316 e. The molecule has 1 atom stereocenters. The maximum absolute atomic E-state index is 12.7. The lowest BCUT2D eigenvalue weighted by Crippen LogP contribution is -2.26. The molecule has 1 N–H and O–H groups in total. The molecule has 5 nitrogen and oxygen atoms in total. The summed E-state index contributed by atoms with van der Waals surface area (Å²) in [6.07, 6.45) is 0. The Morgan fingerprint density at radius 2 is 1.96 bits per heavy atom. The summed E-state index contributed by atoms with van der Waals surface area (Å²) in [4.78, 5) is 25.9. The summed E-state index contributed by atoms with van der Waals surface area (Å²) in [6, 6.07) is 10.7. The molecule has 0 saturated heterocycles. The third-order valence-electron chi connectivity index (χ3n) is 3.30. The van der Waals surface area contributed by atoms with Gasteiger partial charge >= 0.3 is 5.97 Å². The summed E-state index contributed by atoms with van der Waals surface area (Å²) >= 11 is 1.16. The Morgan fingerprint density at radius 1 is 1.26 bits per heavy atom. The monoisotopic (exact) mass is 333 g/mol. The molecule has 1 heterocycles. The van der Waals surface area contributed by atoms with E-state index in [4.69, 9.17) is 9.52 Å². The van der Waals surface area contributed by atoms with E-state index in [1.165, 1.54) is 0 Å². The molecule has 2 rings (SSSR count). The summed E-state index contributed by atoms with van der Waals surface area (Å²) in [5.41, 5.74) is 0.497. The Balaban J connectivity index is 2.16. The van der Waals surface area contributed by atoms with Crippen LogP contribution in [0.4, 0.5) is 0 Å². The summed E-state index contributed by atoms with van der Waals surface area (Å²) in [7, 11) is 1.70. The average Bonchev–Trinajstić information content (AvgIpc) is 2.92. The van der Waals surface area contributed by atoms with E-state index in [0.29, 0.717) is 22.8 Å². The Kier molecular flexibility index (Phi) is 5.50. The maximum Gasteiger partial charge on any atom is 0.316 e. The molecule has 0 radical (unpaired) electrons. The highest BCUT2D eigenvalue weighted by molar-refractivity contribution is 8.00. The molecule has 23 heavy (non-hydrogen) atoms. The molecule has 2 aromatic rings. The first-order chi connectivity index (χ1) is 10.9. The number of aliphatic carboxylic acids is 1. The SMILES string of the molecule is Cc1ccc(CN(C)C(=O)c2ccccc2SC(C)C(=O)O)o1. The molecule has 1 amide bonds. The molecule has 6 heteroatoms. The average molecular weight is 333 g/mol. The van der Waals surface area contributed by atoms with Gasteiger partial charge in [0.25, 0.3) is 5.91 Å². The van der Waals surface area contributed by atoms with Crippen molar-refractivity contribution in [1.82, 2.24) is 4.90 Å². The van der Waals surface area contributed by atoms with Crippen LogP contribution in [-0.4, -0.2) is 34.2 Å². The number of thioether (sulfide) groups is 1. The van der Waals surface area contributed by atoms with Crippen LogP contribution in [0.2, 0.25) is 0 Å². The quantitative estimate of drug-likeness (QED) is 0.820. The first kappa shape index (κ1) is 17.1. The number of nitrogens with zero attached hydrogens (tertiary/aromatic N) is 1. The molecule has 0 bridgehead atoms. The molecular weight excluding hydrogens is 314 g/mol. The molecule has 0 saturated carbocycles. The summed E-state index contributed by atoms with van der Waals surface area (Å²) < 4.78 is 5.49. The van der Waals surface area contributed by atoms with Crippen LogP contribution in [0.3, 0.4) is 0 Å². The fourth-order valence-electron chi connectivity index (χ4n) is 2.07. The predicted molar refractivity (Wildman–Crippen MR) is 88.6 cm³/mol. The van der Waals surface area contributed by atoms with Crippen LogP contribution in [0, 0.1) is 6.92 Å².